The highest BCUT2D eigenvalue weighted by Gasteiger charge is 2.25. The second kappa shape index (κ2) is 7.47. The van der Waals surface area contributed by atoms with Gasteiger partial charge in [0.2, 0.25) is 0 Å². The van der Waals surface area contributed by atoms with E-state index in [9.17, 15) is 4.79 Å². The van der Waals surface area contributed by atoms with Crippen LogP contribution < -0.4 is 10.6 Å². The van der Waals surface area contributed by atoms with Gasteiger partial charge in [-0.1, -0.05) is 22.0 Å². The third-order valence-corrected chi connectivity index (χ3v) is 3.12. The Kier molecular flexibility index (Phi) is 6.27. The van der Waals surface area contributed by atoms with Crippen LogP contribution in [-0.4, -0.2) is 37.0 Å². The van der Waals surface area contributed by atoms with Crippen molar-refractivity contribution >= 4 is 27.6 Å². The van der Waals surface area contributed by atoms with Crippen molar-refractivity contribution in [1.29, 1.82) is 0 Å². The summed E-state index contributed by atoms with van der Waals surface area (Å²) in [6.45, 7) is 2.14. The maximum absolute atomic E-state index is 11.9. The summed E-state index contributed by atoms with van der Waals surface area (Å²) in [6, 6.07) is 6.99. The van der Waals surface area contributed by atoms with Gasteiger partial charge in [-0.3, -0.25) is 0 Å². The number of hydrogen-bond donors (Lipinski definition) is 3. The molecule has 1 aromatic rings. The van der Waals surface area contributed by atoms with E-state index in [4.69, 9.17) is 9.84 Å². The molecule has 0 spiro atoms. The Morgan fingerprint density at radius 2 is 2.26 bits per heavy atom. The molecular weight excluding hydrogens is 312 g/mol. The van der Waals surface area contributed by atoms with Crippen molar-refractivity contribution in [1.82, 2.24) is 5.32 Å². The van der Waals surface area contributed by atoms with Gasteiger partial charge in [-0.15, -0.1) is 0 Å². The number of rotatable bonds is 6. The van der Waals surface area contributed by atoms with Gasteiger partial charge in [-0.2, -0.15) is 0 Å². The zero-order valence-corrected chi connectivity index (χ0v) is 12.7. The predicted molar refractivity (Wildman–Crippen MR) is 78.3 cm³/mol. The lowest BCUT2D eigenvalue weighted by molar-refractivity contribution is 0.104. The lowest BCUT2D eigenvalue weighted by Crippen LogP contribution is -2.51. The molecule has 3 N–H and O–H groups in total. The molecule has 1 atom stereocenters. The van der Waals surface area contributed by atoms with Gasteiger partial charge in [-0.05, 0) is 31.5 Å². The summed E-state index contributed by atoms with van der Waals surface area (Å²) in [5, 5.41) is 14.6. The number of halogens is 1. The Hall–Kier alpha value is -1.11. The molecule has 5 nitrogen and oxygen atoms in total. The molecule has 1 unspecified atom stereocenters. The summed E-state index contributed by atoms with van der Waals surface area (Å²) in [6.07, 6.45) is 0.423. The summed E-state index contributed by atoms with van der Waals surface area (Å²) < 4.78 is 5.96. The van der Waals surface area contributed by atoms with Gasteiger partial charge in [-0.25, -0.2) is 4.79 Å². The first-order valence-electron chi connectivity index (χ1n) is 5.93. The molecule has 0 aliphatic rings. The van der Waals surface area contributed by atoms with E-state index in [0.717, 1.165) is 4.47 Å². The molecule has 0 fully saturated rings. The maximum Gasteiger partial charge on any atom is 0.319 e. The zero-order chi connectivity index (χ0) is 14.3. The molecule has 1 aromatic carbocycles. The average Bonchev–Trinajstić information content (AvgIpc) is 2.28. The van der Waals surface area contributed by atoms with Gasteiger partial charge >= 0.3 is 6.03 Å². The zero-order valence-electron chi connectivity index (χ0n) is 11.1. The van der Waals surface area contributed by atoms with Crippen LogP contribution in [0, 0.1) is 0 Å². The number of urea groups is 1. The molecule has 0 aromatic heterocycles. The van der Waals surface area contributed by atoms with Crippen LogP contribution in [0.25, 0.3) is 0 Å². The number of methoxy groups -OCH3 is 1. The topological polar surface area (TPSA) is 70.6 Å². The fraction of sp³-hybridized carbons (Fsp3) is 0.462. The molecule has 2 amide bonds. The summed E-state index contributed by atoms with van der Waals surface area (Å²) in [7, 11) is 1.56. The van der Waals surface area contributed by atoms with Crippen LogP contribution in [0.5, 0.6) is 0 Å². The summed E-state index contributed by atoms with van der Waals surface area (Å²) in [4.78, 5) is 11.9. The lowest BCUT2D eigenvalue weighted by Gasteiger charge is -2.29. The minimum Gasteiger partial charge on any atom is -0.396 e. The largest absolute Gasteiger partial charge is 0.396 e. The minimum atomic E-state index is -0.598. The number of anilines is 1. The Labute approximate surface area is 121 Å². The summed E-state index contributed by atoms with van der Waals surface area (Å²) >= 11 is 3.34. The molecular formula is C13H19BrN2O3. The Morgan fingerprint density at radius 3 is 2.84 bits per heavy atom. The van der Waals surface area contributed by atoms with E-state index in [-0.39, 0.29) is 12.6 Å². The first kappa shape index (κ1) is 15.9. The van der Waals surface area contributed by atoms with Crippen LogP contribution in [0.2, 0.25) is 0 Å². The van der Waals surface area contributed by atoms with Gasteiger partial charge in [0.25, 0.3) is 0 Å². The Bertz CT molecular complexity index is 420. The van der Waals surface area contributed by atoms with E-state index >= 15 is 0 Å². The number of hydrogen-bond acceptors (Lipinski definition) is 3. The monoisotopic (exact) mass is 330 g/mol. The molecule has 0 aliphatic carbocycles. The molecule has 1 rings (SSSR count). The fourth-order valence-corrected chi connectivity index (χ4v) is 2.14. The SMILES string of the molecule is COCC(C)(CCO)NC(=O)Nc1cccc(Br)c1. The van der Waals surface area contributed by atoms with Crippen molar-refractivity contribution in [3.63, 3.8) is 0 Å². The van der Waals surface area contributed by atoms with Gasteiger partial charge in [0.05, 0.1) is 12.1 Å². The smallest absolute Gasteiger partial charge is 0.319 e. The molecule has 0 aliphatic heterocycles. The number of benzene rings is 1. The number of carbonyl (C=O) groups excluding carboxylic acids is 1. The fourth-order valence-electron chi connectivity index (χ4n) is 1.74. The lowest BCUT2D eigenvalue weighted by atomic mass is 10.00. The van der Waals surface area contributed by atoms with Crippen LogP contribution in [0.15, 0.2) is 28.7 Å². The molecule has 106 valence electrons. The highest BCUT2D eigenvalue weighted by Crippen LogP contribution is 2.16. The standard InChI is InChI=1S/C13H19BrN2O3/c1-13(6-7-17,9-19-2)16-12(18)15-11-5-3-4-10(14)8-11/h3-5,8,17H,6-7,9H2,1-2H3,(H2,15,16,18). The maximum atomic E-state index is 11.9. The minimum absolute atomic E-state index is 0.0168. The van der Waals surface area contributed by atoms with Crippen LogP contribution in [0.1, 0.15) is 13.3 Å². The van der Waals surface area contributed by atoms with Crippen molar-refractivity contribution in [2.45, 2.75) is 18.9 Å². The van der Waals surface area contributed by atoms with Crippen molar-refractivity contribution in [3.05, 3.63) is 28.7 Å². The van der Waals surface area contributed by atoms with Crippen molar-refractivity contribution in [2.24, 2.45) is 0 Å². The van der Waals surface area contributed by atoms with Gasteiger partial charge in [0, 0.05) is 23.9 Å². The number of aliphatic hydroxyl groups is 1. The van der Waals surface area contributed by atoms with Crippen LogP contribution >= 0.6 is 15.9 Å². The van der Waals surface area contributed by atoms with Crippen LogP contribution in [0.4, 0.5) is 10.5 Å². The highest BCUT2D eigenvalue weighted by molar-refractivity contribution is 9.10. The number of ether oxygens (including phenoxy) is 1. The van der Waals surface area contributed by atoms with Crippen LogP contribution in [0.3, 0.4) is 0 Å². The van der Waals surface area contributed by atoms with E-state index in [1.807, 2.05) is 19.1 Å². The molecule has 19 heavy (non-hydrogen) atoms. The Balaban J connectivity index is 2.62. The van der Waals surface area contributed by atoms with Gasteiger partial charge in [0.15, 0.2) is 0 Å². The van der Waals surface area contributed by atoms with Crippen LogP contribution in [-0.2, 0) is 4.74 Å². The number of carbonyl (C=O) groups is 1. The molecule has 0 radical (unpaired) electrons. The van der Waals surface area contributed by atoms with Crippen molar-refractivity contribution in [2.75, 3.05) is 25.6 Å². The number of amides is 2. The average molecular weight is 331 g/mol. The molecule has 6 heteroatoms. The van der Waals surface area contributed by atoms with E-state index in [1.54, 1.807) is 19.2 Å². The number of nitrogens with one attached hydrogen (secondary N) is 2. The third kappa shape index (κ3) is 5.59. The third-order valence-electron chi connectivity index (χ3n) is 2.62. The number of aliphatic hydroxyl groups excluding tert-OH is 1. The summed E-state index contributed by atoms with van der Waals surface area (Å²) in [5.74, 6) is 0. The summed E-state index contributed by atoms with van der Waals surface area (Å²) in [5.41, 5.74) is 0.0928. The van der Waals surface area contributed by atoms with E-state index in [1.165, 1.54) is 0 Å². The molecule has 0 saturated heterocycles. The first-order chi connectivity index (χ1) is 8.99. The Morgan fingerprint density at radius 1 is 1.53 bits per heavy atom. The van der Waals surface area contributed by atoms with Crippen molar-refractivity contribution < 1.29 is 14.6 Å². The van der Waals surface area contributed by atoms with Gasteiger partial charge in [0.1, 0.15) is 0 Å². The van der Waals surface area contributed by atoms with E-state index in [2.05, 4.69) is 26.6 Å². The highest BCUT2D eigenvalue weighted by atomic mass is 79.9. The van der Waals surface area contributed by atoms with E-state index < -0.39 is 5.54 Å². The molecule has 0 heterocycles. The second-order valence-corrected chi connectivity index (χ2v) is 5.47. The normalized spacial score (nSPS) is 13.7. The first-order valence-corrected chi connectivity index (χ1v) is 6.73. The van der Waals surface area contributed by atoms with E-state index in [0.29, 0.717) is 18.7 Å². The van der Waals surface area contributed by atoms with Gasteiger partial charge < -0.3 is 20.5 Å². The van der Waals surface area contributed by atoms with Crippen molar-refractivity contribution in [3.8, 4) is 0 Å². The second-order valence-electron chi connectivity index (χ2n) is 4.56. The molecule has 0 bridgehead atoms. The molecule has 0 saturated carbocycles. The quantitative estimate of drug-likeness (QED) is 0.749. The predicted octanol–water partition coefficient (Wildman–Crippen LogP) is 2.36.